The summed E-state index contributed by atoms with van der Waals surface area (Å²) in [7, 11) is 0. The second kappa shape index (κ2) is 6.16. The van der Waals surface area contributed by atoms with Crippen molar-refractivity contribution in [1.82, 2.24) is 0 Å². The number of hydrogen-bond donors (Lipinski definition) is 4. The Bertz CT molecular complexity index is 349. The highest BCUT2D eigenvalue weighted by atomic mass is 16.5. The highest BCUT2D eigenvalue weighted by Gasteiger charge is 2.57. The fourth-order valence-electron chi connectivity index (χ4n) is 2.38. The van der Waals surface area contributed by atoms with E-state index in [0.29, 0.717) is 5.92 Å². The van der Waals surface area contributed by atoms with Crippen molar-refractivity contribution in [3.8, 4) is 0 Å². The van der Waals surface area contributed by atoms with Gasteiger partial charge in [0.05, 0.1) is 0 Å². The van der Waals surface area contributed by atoms with E-state index in [0.717, 1.165) is 20.3 Å². The fraction of sp³-hybridized carbons (Fsp3) is 0.692. The van der Waals surface area contributed by atoms with E-state index < -0.39 is 17.7 Å². The smallest absolute Gasteiger partial charge is 0.300 e. The molecule has 2 atom stereocenters. The number of rotatable bonds is 0. The van der Waals surface area contributed by atoms with Gasteiger partial charge in [0.25, 0.3) is 11.9 Å². The molecule has 2 bridgehead atoms. The molecule has 0 radical (unpaired) electrons. The molecule has 0 aromatic rings. The number of aliphatic hydroxyl groups is 2. The number of hydrogen-bond acceptors (Lipinski definition) is 4. The molecule has 3 aliphatic rings. The molecule has 0 aromatic heterocycles. The first-order valence-corrected chi connectivity index (χ1v) is 5.94. The molecule has 1 fully saturated rings. The quantitative estimate of drug-likeness (QED) is 0.388. The van der Waals surface area contributed by atoms with E-state index in [-0.39, 0.29) is 11.3 Å². The zero-order valence-electron chi connectivity index (χ0n) is 11.6. The summed E-state index contributed by atoms with van der Waals surface area (Å²) in [6.07, 6.45) is 4.38. The first-order chi connectivity index (χ1) is 8.41. The molecule has 19 heavy (non-hydrogen) atoms. The van der Waals surface area contributed by atoms with Crippen LogP contribution >= 0.6 is 0 Å². The van der Waals surface area contributed by atoms with Crippen molar-refractivity contribution in [2.75, 3.05) is 0 Å². The average Bonchev–Trinajstić information content (AvgIpc) is 2.13. The summed E-state index contributed by atoms with van der Waals surface area (Å²) in [6.45, 7) is 6.35. The molecule has 110 valence electrons. The molecule has 3 rings (SSSR count). The van der Waals surface area contributed by atoms with Crippen molar-refractivity contribution in [2.24, 2.45) is 17.3 Å². The van der Waals surface area contributed by atoms with Crippen molar-refractivity contribution in [3.63, 3.8) is 0 Å². The molecule has 0 saturated heterocycles. The van der Waals surface area contributed by atoms with Crippen molar-refractivity contribution < 1.29 is 30.0 Å². The van der Waals surface area contributed by atoms with E-state index in [1.54, 1.807) is 0 Å². The molecule has 1 saturated carbocycles. The van der Waals surface area contributed by atoms with E-state index in [4.69, 9.17) is 19.8 Å². The standard InChI is InChI=1S/C9H14O2.2C2H4O2/c1-8(2)6-3-4-9(10,11)7(8)5-6;2*1-2(3)4/h3-4,6-7,10-11H,5H2,1-2H3;2*1H3,(H,3,4)/t6-,7+;;/m0../s1. The Hall–Kier alpha value is -1.40. The maximum Gasteiger partial charge on any atom is 0.300 e. The molecule has 3 aliphatic carbocycles. The lowest BCUT2D eigenvalue weighted by Gasteiger charge is -2.58. The number of carbonyl (C=O) groups is 2. The molecule has 0 aromatic carbocycles. The van der Waals surface area contributed by atoms with Crippen LogP contribution in [-0.2, 0) is 9.59 Å². The van der Waals surface area contributed by atoms with Gasteiger partial charge in [-0.15, -0.1) is 0 Å². The number of aliphatic carboxylic acids is 2. The lowest BCUT2D eigenvalue weighted by atomic mass is 9.49. The number of allylic oxidation sites excluding steroid dienone is 1. The molecule has 0 amide bonds. The highest BCUT2D eigenvalue weighted by Crippen LogP contribution is 2.58. The Morgan fingerprint density at radius 3 is 1.63 bits per heavy atom. The van der Waals surface area contributed by atoms with Crippen molar-refractivity contribution in [2.45, 2.75) is 39.9 Å². The molecule has 0 heterocycles. The summed E-state index contributed by atoms with van der Waals surface area (Å²) in [5, 5.41) is 33.8. The minimum Gasteiger partial charge on any atom is -0.481 e. The number of carboxylic acids is 2. The summed E-state index contributed by atoms with van der Waals surface area (Å²) in [6, 6.07) is 0. The van der Waals surface area contributed by atoms with Gasteiger partial charge in [-0.1, -0.05) is 19.9 Å². The van der Waals surface area contributed by atoms with E-state index in [9.17, 15) is 10.2 Å². The third kappa shape index (κ3) is 5.00. The maximum absolute atomic E-state index is 9.49. The third-order valence-corrected chi connectivity index (χ3v) is 3.43. The fourth-order valence-corrected chi connectivity index (χ4v) is 2.38. The van der Waals surface area contributed by atoms with Crippen LogP contribution in [0.15, 0.2) is 12.2 Å². The molecule has 0 unspecified atom stereocenters. The van der Waals surface area contributed by atoms with E-state index in [1.807, 2.05) is 6.08 Å². The van der Waals surface area contributed by atoms with Crippen LogP contribution in [0.3, 0.4) is 0 Å². The van der Waals surface area contributed by atoms with E-state index >= 15 is 0 Å². The summed E-state index contributed by atoms with van der Waals surface area (Å²) in [5.41, 5.74) is 0.0816. The van der Waals surface area contributed by atoms with Crippen molar-refractivity contribution >= 4 is 11.9 Å². The summed E-state index contributed by atoms with van der Waals surface area (Å²) in [5.74, 6) is -2.62. The Balaban J connectivity index is 0.000000342. The number of fused-ring (bicyclic) bond motifs is 1. The van der Waals surface area contributed by atoms with Gasteiger partial charge in [0.1, 0.15) is 0 Å². The Morgan fingerprint density at radius 2 is 1.47 bits per heavy atom. The highest BCUT2D eigenvalue weighted by molar-refractivity contribution is 5.63. The van der Waals surface area contributed by atoms with Gasteiger partial charge in [0.15, 0.2) is 5.79 Å². The SMILES string of the molecule is CC(=O)O.CC(=O)O.CC1(C)[C@H]2C=CC(O)(O)[C@@H]1C2. The van der Waals surface area contributed by atoms with Gasteiger partial charge < -0.3 is 20.4 Å². The van der Waals surface area contributed by atoms with Gasteiger partial charge in [-0.05, 0) is 23.8 Å². The normalized spacial score (nSPS) is 27.7. The zero-order valence-corrected chi connectivity index (χ0v) is 11.6. The van der Waals surface area contributed by atoms with Gasteiger partial charge in [-0.25, -0.2) is 0 Å². The minimum absolute atomic E-state index is 0.0324. The van der Waals surface area contributed by atoms with Gasteiger partial charge in [0.2, 0.25) is 0 Å². The van der Waals surface area contributed by atoms with Crippen LogP contribution in [0.25, 0.3) is 0 Å². The molecule has 6 heteroatoms. The molecule has 0 aliphatic heterocycles. The first-order valence-electron chi connectivity index (χ1n) is 5.94. The average molecular weight is 274 g/mol. The lowest BCUT2D eigenvalue weighted by Crippen LogP contribution is -2.58. The van der Waals surface area contributed by atoms with Crippen LogP contribution in [0.5, 0.6) is 0 Å². The number of carboxylic acid groups (broad SMARTS) is 2. The predicted molar refractivity (Wildman–Crippen MR) is 68.3 cm³/mol. The monoisotopic (exact) mass is 274 g/mol. The largest absolute Gasteiger partial charge is 0.481 e. The van der Waals surface area contributed by atoms with Crippen LogP contribution in [0.4, 0.5) is 0 Å². The molecular formula is C13H22O6. The van der Waals surface area contributed by atoms with Crippen LogP contribution in [0.1, 0.15) is 34.1 Å². The molecule has 6 nitrogen and oxygen atoms in total. The second-order valence-corrected chi connectivity index (χ2v) is 5.40. The first kappa shape index (κ1) is 17.6. The van der Waals surface area contributed by atoms with Crippen LogP contribution in [0.2, 0.25) is 0 Å². The topological polar surface area (TPSA) is 115 Å². The predicted octanol–water partition coefficient (Wildman–Crippen LogP) is 1.08. The van der Waals surface area contributed by atoms with Gasteiger partial charge in [0, 0.05) is 19.8 Å². The maximum atomic E-state index is 9.49. The van der Waals surface area contributed by atoms with E-state index in [2.05, 4.69) is 13.8 Å². The Kier molecular flexibility index (Phi) is 5.71. The van der Waals surface area contributed by atoms with Gasteiger partial charge in [-0.2, -0.15) is 0 Å². The van der Waals surface area contributed by atoms with Gasteiger partial charge >= 0.3 is 0 Å². The van der Waals surface area contributed by atoms with E-state index in [1.165, 1.54) is 6.08 Å². The van der Waals surface area contributed by atoms with Crippen LogP contribution < -0.4 is 0 Å². The summed E-state index contributed by atoms with van der Waals surface area (Å²) in [4.78, 5) is 18.0. The van der Waals surface area contributed by atoms with Crippen LogP contribution in [-0.4, -0.2) is 38.2 Å². The zero-order chi connectivity index (χ0) is 15.4. The third-order valence-electron chi connectivity index (χ3n) is 3.43. The van der Waals surface area contributed by atoms with Crippen LogP contribution in [0, 0.1) is 17.3 Å². The Morgan fingerprint density at radius 1 is 1.11 bits per heavy atom. The second-order valence-electron chi connectivity index (χ2n) is 5.40. The summed E-state index contributed by atoms with van der Waals surface area (Å²) >= 11 is 0. The lowest BCUT2D eigenvalue weighted by molar-refractivity contribution is -0.241. The van der Waals surface area contributed by atoms with Crippen molar-refractivity contribution in [1.29, 1.82) is 0 Å². The van der Waals surface area contributed by atoms with Gasteiger partial charge in [-0.3, -0.25) is 9.59 Å². The molecule has 4 N–H and O–H groups in total. The summed E-state index contributed by atoms with van der Waals surface area (Å²) < 4.78 is 0. The minimum atomic E-state index is -1.54. The molecular weight excluding hydrogens is 252 g/mol. The van der Waals surface area contributed by atoms with Crippen molar-refractivity contribution in [3.05, 3.63) is 12.2 Å². The molecule has 0 spiro atoms. The Labute approximate surface area is 112 Å².